The number of amides is 1. The van der Waals surface area contributed by atoms with Crippen molar-refractivity contribution < 1.29 is 22.7 Å². The molecule has 1 amide bonds. The lowest BCUT2D eigenvalue weighted by Crippen LogP contribution is -2.29. The van der Waals surface area contributed by atoms with Crippen LogP contribution in [-0.4, -0.2) is 40.8 Å². The van der Waals surface area contributed by atoms with Gasteiger partial charge in [0.25, 0.3) is 5.91 Å². The molecule has 8 heteroatoms. The number of aryl methyl sites for hydroxylation is 1. The summed E-state index contributed by atoms with van der Waals surface area (Å²) in [4.78, 5) is 12.4. The largest absolute Gasteiger partial charge is 0.497 e. The Hall–Kier alpha value is -3.52. The lowest BCUT2D eigenvalue weighted by Gasteiger charge is -2.23. The number of ether oxygens (including phenoxy) is 2. The zero-order valence-electron chi connectivity index (χ0n) is 18.9. The predicted octanol–water partition coefficient (Wildman–Crippen LogP) is 3.78. The number of anilines is 1. The Bertz CT molecular complexity index is 1190. The van der Waals surface area contributed by atoms with Gasteiger partial charge in [-0.2, -0.15) is 0 Å². The second-order valence-corrected chi connectivity index (χ2v) is 9.44. The van der Waals surface area contributed by atoms with Gasteiger partial charge in [0.15, 0.2) is 0 Å². The number of sulfonamides is 1. The van der Waals surface area contributed by atoms with Crippen LogP contribution in [0.3, 0.4) is 0 Å². The standard InChI is InChI=1S/C25H28N2O5S/c1-19-7-4-5-10-24(19)32-16-15-26-25(28)21-13-11-20(12-14-21)18-27(33(3,29)30)22-8-6-9-23(17-22)31-2/h4-14,17H,15-16,18H2,1-3H3,(H,26,28). The third-order valence-corrected chi connectivity index (χ3v) is 6.16. The highest BCUT2D eigenvalue weighted by Gasteiger charge is 2.18. The van der Waals surface area contributed by atoms with Crippen molar-refractivity contribution in [1.82, 2.24) is 5.32 Å². The highest BCUT2D eigenvalue weighted by atomic mass is 32.2. The molecular weight excluding hydrogens is 440 g/mol. The number of hydrogen-bond donors (Lipinski definition) is 1. The maximum Gasteiger partial charge on any atom is 0.251 e. The minimum absolute atomic E-state index is 0.137. The molecule has 0 saturated heterocycles. The van der Waals surface area contributed by atoms with Gasteiger partial charge in [0.05, 0.1) is 32.1 Å². The molecule has 3 rings (SSSR count). The average molecular weight is 469 g/mol. The summed E-state index contributed by atoms with van der Waals surface area (Å²) in [6.45, 7) is 2.83. The lowest BCUT2D eigenvalue weighted by molar-refractivity contribution is 0.0947. The van der Waals surface area contributed by atoms with Gasteiger partial charge in [-0.25, -0.2) is 8.42 Å². The number of para-hydroxylation sites is 1. The molecule has 3 aromatic rings. The molecule has 0 saturated carbocycles. The quantitative estimate of drug-likeness (QED) is 0.458. The van der Waals surface area contributed by atoms with Gasteiger partial charge in [-0.3, -0.25) is 9.10 Å². The zero-order chi connectivity index (χ0) is 23.8. The Morgan fingerprint density at radius 1 is 1.00 bits per heavy atom. The van der Waals surface area contributed by atoms with Crippen molar-refractivity contribution in [2.45, 2.75) is 13.5 Å². The third kappa shape index (κ3) is 6.73. The summed E-state index contributed by atoms with van der Waals surface area (Å²) in [7, 11) is -1.99. The van der Waals surface area contributed by atoms with Gasteiger partial charge in [0, 0.05) is 11.6 Å². The van der Waals surface area contributed by atoms with Crippen molar-refractivity contribution >= 4 is 21.6 Å². The van der Waals surface area contributed by atoms with E-state index in [9.17, 15) is 13.2 Å². The van der Waals surface area contributed by atoms with Gasteiger partial charge in [0.2, 0.25) is 10.0 Å². The first-order valence-corrected chi connectivity index (χ1v) is 12.3. The van der Waals surface area contributed by atoms with E-state index in [0.717, 1.165) is 23.1 Å². The van der Waals surface area contributed by atoms with Crippen LogP contribution in [-0.2, 0) is 16.6 Å². The number of hydrogen-bond acceptors (Lipinski definition) is 5. The molecule has 0 aliphatic rings. The molecule has 0 unspecified atom stereocenters. The average Bonchev–Trinajstić information content (AvgIpc) is 2.81. The fourth-order valence-electron chi connectivity index (χ4n) is 3.24. The van der Waals surface area contributed by atoms with Crippen molar-refractivity contribution in [1.29, 1.82) is 0 Å². The van der Waals surface area contributed by atoms with Gasteiger partial charge in [-0.05, 0) is 48.4 Å². The van der Waals surface area contributed by atoms with E-state index in [4.69, 9.17) is 9.47 Å². The molecule has 0 fully saturated rings. The summed E-state index contributed by atoms with van der Waals surface area (Å²) in [6, 6.07) is 21.4. The summed E-state index contributed by atoms with van der Waals surface area (Å²) in [6.07, 6.45) is 1.16. The second-order valence-electron chi connectivity index (χ2n) is 7.54. The van der Waals surface area contributed by atoms with E-state index < -0.39 is 10.0 Å². The molecular formula is C25H28N2O5S. The Labute approximate surface area is 195 Å². The molecule has 33 heavy (non-hydrogen) atoms. The summed E-state index contributed by atoms with van der Waals surface area (Å²) in [5.41, 5.74) is 2.79. The van der Waals surface area contributed by atoms with Gasteiger partial charge in [-0.15, -0.1) is 0 Å². The van der Waals surface area contributed by atoms with E-state index in [1.54, 1.807) is 48.5 Å². The maximum atomic E-state index is 12.4. The van der Waals surface area contributed by atoms with Crippen LogP contribution in [0.4, 0.5) is 5.69 Å². The van der Waals surface area contributed by atoms with Gasteiger partial charge in [-0.1, -0.05) is 36.4 Å². The van der Waals surface area contributed by atoms with E-state index in [-0.39, 0.29) is 12.5 Å². The van der Waals surface area contributed by atoms with E-state index in [1.165, 1.54) is 11.4 Å². The van der Waals surface area contributed by atoms with Gasteiger partial charge >= 0.3 is 0 Å². The van der Waals surface area contributed by atoms with E-state index in [2.05, 4.69) is 5.32 Å². The minimum Gasteiger partial charge on any atom is -0.497 e. The minimum atomic E-state index is -3.52. The van der Waals surface area contributed by atoms with E-state index in [1.807, 2.05) is 31.2 Å². The van der Waals surface area contributed by atoms with Crippen LogP contribution in [0.1, 0.15) is 21.5 Å². The number of nitrogens with one attached hydrogen (secondary N) is 1. The maximum absolute atomic E-state index is 12.4. The number of benzene rings is 3. The molecule has 0 aliphatic carbocycles. The number of carbonyl (C=O) groups is 1. The normalized spacial score (nSPS) is 11.0. The molecule has 0 atom stereocenters. The Morgan fingerprint density at radius 2 is 1.73 bits per heavy atom. The second kappa shape index (κ2) is 10.9. The molecule has 0 spiro atoms. The van der Waals surface area contributed by atoms with Crippen molar-refractivity contribution in [3.05, 3.63) is 89.5 Å². The van der Waals surface area contributed by atoms with E-state index in [0.29, 0.717) is 30.2 Å². The molecule has 0 radical (unpaired) electrons. The predicted molar refractivity (Wildman–Crippen MR) is 129 cm³/mol. The summed E-state index contributed by atoms with van der Waals surface area (Å²) in [5, 5.41) is 2.83. The van der Waals surface area contributed by atoms with Crippen LogP contribution in [0.5, 0.6) is 11.5 Å². The zero-order valence-corrected chi connectivity index (χ0v) is 19.8. The topological polar surface area (TPSA) is 84.9 Å². The van der Waals surface area contributed by atoms with Crippen LogP contribution in [0.15, 0.2) is 72.8 Å². The highest BCUT2D eigenvalue weighted by molar-refractivity contribution is 7.92. The number of rotatable bonds is 10. The molecule has 0 aliphatic heterocycles. The number of carbonyl (C=O) groups excluding carboxylic acids is 1. The first-order chi connectivity index (χ1) is 15.8. The molecule has 1 N–H and O–H groups in total. The lowest BCUT2D eigenvalue weighted by atomic mass is 10.1. The molecule has 174 valence electrons. The Kier molecular flexibility index (Phi) is 7.95. The Morgan fingerprint density at radius 3 is 2.39 bits per heavy atom. The van der Waals surface area contributed by atoms with Crippen LogP contribution >= 0.6 is 0 Å². The fourth-order valence-corrected chi connectivity index (χ4v) is 4.12. The summed E-state index contributed by atoms with van der Waals surface area (Å²) < 4.78 is 37.0. The third-order valence-electron chi connectivity index (χ3n) is 5.02. The van der Waals surface area contributed by atoms with Crippen molar-refractivity contribution in [2.24, 2.45) is 0 Å². The van der Waals surface area contributed by atoms with Crippen LogP contribution in [0.2, 0.25) is 0 Å². The summed E-state index contributed by atoms with van der Waals surface area (Å²) >= 11 is 0. The fraction of sp³-hybridized carbons (Fsp3) is 0.240. The molecule has 0 aromatic heterocycles. The van der Waals surface area contributed by atoms with Gasteiger partial charge in [0.1, 0.15) is 18.1 Å². The highest BCUT2D eigenvalue weighted by Crippen LogP contribution is 2.25. The van der Waals surface area contributed by atoms with Crippen molar-refractivity contribution in [3.63, 3.8) is 0 Å². The van der Waals surface area contributed by atoms with Crippen LogP contribution in [0, 0.1) is 6.92 Å². The number of nitrogens with zero attached hydrogens (tertiary/aromatic N) is 1. The van der Waals surface area contributed by atoms with Crippen LogP contribution in [0.25, 0.3) is 0 Å². The smallest absolute Gasteiger partial charge is 0.251 e. The van der Waals surface area contributed by atoms with E-state index >= 15 is 0 Å². The molecule has 0 bridgehead atoms. The molecule has 3 aromatic carbocycles. The summed E-state index contributed by atoms with van der Waals surface area (Å²) in [5.74, 6) is 1.14. The first-order valence-electron chi connectivity index (χ1n) is 10.5. The van der Waals surface area contributed by atoms with Crippen LogP contribution < -0.4 is 19.1 Å². The molecule has 7 nitrogen and oxygen atoms in total. The monoisotopic (exact) mass is 468 g/mol. The molecule has 0 heterocycles. The van der Waals surface area contributed by atoms with Gasteiger partial charge < -0.3 is 14.8 Å². The van der Waals surface area contributed by atoms with Crippen molar-refractivity contribution in [3.8, 4) is 11.5 Å². The SMILES string of the molecule is COc1cccc(N(Cc2ccc(C(=O)NCCOc3ccccc3C)cc2)S(C)(=O)=O)c1. The number of methoxy groups -OCH3 is 1. The first kappa shape index (κ1) is 24.1. The van der Waals surface area contributed by atoms with Crippen molar-refractivity contribution in [2.75, 3.05) is 30.8 Å². The Balaban J connectivity index is 1.60.